The third-order valence-electron chi connectivity index (χ3n) is 9.14. The average Bonchev–Trinajstić information content (AvgIpc) is 3.16. The number of ether oxygens (including phenoxy) is 8. The van der Waals surface area contributed by atoms with Crippen molar-refractivity contribution in [2.75, 3.05) is 53.9 Å². The van der Waals surface area contributed by atoms with E-state index in [9.17, 15) is 19.2 Å². The van der Waals surface area contributed by atoms with Crippen molar-refractivity contribution in [2.45, 2.75) is 67.2 Å². The molecule has 0 radical (unpaired) electrons. The summed E-state index contributed by atoms with van der Waals surface area (Å²) in [4.78, 5) is 52.9. The van der Waals surface area contributed by atoms with Gasteiger partial charge in [-0.1, -0.05) is 12.1 Å². The highest BCUT2D eigenvalue weighted by Crippen LogP contribution is 2.44. The van der Waals surface area contributed by atoms with Crippen molar-refractivity contribution in [3.63, 3.8) is 0 Å². The van der Waals surface area contributed by atoms with Gasteiger partial charge in [0.15, 0.2) is 23.0 Å². The SMILES string of the molecule is CCOC(=O)C1=C(C)NC(C)=C(C(=O)OCC)C1c1ccc(OCCOc2ccc(C3C(C(=O)OCC)=C(C)NC(C)=C3C(=O)OCC)cc2OC)c(OC)c1. The van der Waals surface area contributed by atoms with E-state index in [0.29, 0.717) is 56.9 Å². The molecule has 0 aliphatic carbocycles. The molecule has 0 fully saturated rings. The third kappa shape index (κ3) is 9.29. The normalized spacial score (nSPS) is 14.8. The molecule has 0 unspecified atom stereocenters. The molecule has 14 heteroatoms. The molecule has 4 rings (SSSR count). The van der Waals surface area contributed by atoms with Crippen LogP contribution >= 0.6 is 0 Å². The van der Waals surface area contributed by atoms with Crippen LogP contribution in [0.2, 0.25) is 0 Å². The number of methoxy groups -OCH3 is 2. The van der Waals surface area contributed by atoms with Crippen LogP contribution in [0.4, 0.5) is 0 Å². The molecule has 2 aromatic carbocycles. The summed E-state index contributed by atoms with van der Waals surface area (Å²) < 4.78 is 45.1. The first-order chi connectivity index (χ1) is 26.9. The van der Waals surface area contributed by atoms with Crippen molar-refractivity contribution in [1.82, 2.24) is 10.6 Å². The molecule has 0 saturated carbocycles. The largest absolute Gasteiger partial charge is 0.493 e. The van der Waals surface area contributed by atoms with E-state index in [1.165, 1.54) is 14.2 Å². The summed E-state index contributed by atoms with van der Waals surface area (Å²) in [6, 6.07) is 10.4. The molecule has 0 bridgehead atoms. The van der Waals surface area contributed by atoms with Gasteiger partial charge in [0.1, 0.15) is 13.2 Å². The number of carbonyl (C=O) groups is 4. The maximum Gasteiger partial charge on any atom is 0.336 e. The van der Waals surface area contributed by atoms with Crippen molar-refractivity contribution < 1.29 is 57.1 Å². The summed E-state index contributed by atoms with van der Waals surface area (Å²) in [5, 5.41) is 6.27. The van der Waals surface area contributed by atoms with E-state index in [-0.39, 0.29) is 61.9 Å². The van der Waals surface area contributed by atoms with E-state index >= 15 is 0 Å². The van der Waals surface area contributed by atoms with Crippen LogP contribution in [0.15, 0.2) is 81.5 Å². The van der Waals surface area contributed by atoms with Crippen LogP contribution in [0, 0.1) is 0 Å². The van der Waals surface area contributed by atoms with Gasteiger partial charge in [-0.3, -0.25) is 0 Å². The van der Waals surface area contributed by atoms with Crippen LogP contribution in [-0.2, 0) is 38.1 Å². The molecular weight excluding hydrogens is 724 g/mol. The number of nitrogens with one attached hydrogen (secondary N) is 2. The highest BCUT2D eigenvalue weighted by atomic mass is 16.6. The van der Waals surface area contributed by atoms with Gasteiger partial charge in [0, 0.05) is 22.8 Å². The lowest BCUT2D eigenvalue weighted by atomic mass is 9.80. The van der Waals surface area contributed by atoms with E-state index in [0.717, 1.165) is 0 Å². The van der Waals surface area contributed by atoms with Gasteiger partial charge in [-0.2, -0.15) is 0 Å². The zero-order valence-electron chi connectivity index (χ0n) is 33.8. The predicted molar refractivity (Wildman–Crippen MR) is 206 cm³/mol. The second-order valence-electron chi connectivity index (χ2n) is 12.7. The summed E-state index contributed by atoms with van der Waals surface area (Å²) in [7, 11) is 2.99. The lowest BCUT2D eigenvalue weighted by molar-refractivity contribution is -0.141. The number of hydrogen-bond acceptors (Lipinski definition) is 14. The molecular formula is C42H52N2O12. The van der Waals surface area contributed by atoms with Gasteiger partial charge in [-0.15, -0.1) is 0 Å². The Balaban J connectivity index is 1.58. The second-order valence-corrected chi connectivity index (χ2v) is 12.7. The molecule has 2 aliphatic heterocycles. The Morgan fingerprint density at radius 2 is 0.768 bits per heavy atom. The molecule has 2 aromatic rings. The van der Waals surface area contributed by atoms with Crippen molar-refractivity contribution >= 4 is 23.9 Å². The highest BCUT2D eigenvalue weighted by molar-refractivity contribution is 6.01. The summed E-state index contributed by atoms with van der Waals surface area (Å²) in [6.45, 7) is 14.7. The number of carbonyl (C=O) groups excluding carboxylic acids is 4. The number of benzene rings is 2. The predicted octanol–water partition coefficient (Wildman–Crippen LogP) is 5.88. The first kappa shape index (κ1) is 42.8. The Hall–Kier alpha value is -5.92. The average molecular weight is 777 g/mol. The Bertz CT molecular complexity index is 1740. The van der Waals surface area contributed by atoms with Crippen LogP contribution in [0.25, 0.3) is 0 Å². The van der Waals surface area contributed by atoms with Crippen molar-refractivity contribution in [3.05, 3.63) is 92.6 Å². The molecule has 0 atom stereocenters. The fourth-order valence-electron chi connectivity index (χ4n) is 6.84. The molecule has 56 heavy (non-hydrogen) atoms. The Morgan fingerprint density at radius 3 is 1.02 bits per heavy atom. The number of rotatable bonds is 17. The smallest absolute Gasteiger partial charge is 0.336 e. The zero-order chi connectivity index (χ0) is 41.1. The molecule has 0 aromatic heterocycles. The summed E-state index contributed by atoms with van der Waals surface area (Å²) in [5.41, 5.74) is 4.60. The minimum absolute atomic E-state index is 0.103. The van der Waals surface area contributed by atoms with Crippen molar-refractivity contribution in [1.29, 1.82) is 0 Å². The van der Waals surface area contributed by atoms with Crippen molar-refractivity contribution in [2.24, 2.45) is 0 Å². The molecule has 2 N–H and O–H groups in total. The van der Waals surface area contributed by atoms with Gasteiger partial charge in [-0.25, -0.2) is 19.2 Å². The van der Waals surface area contributed by atoms with E-state index in [2.05, 4.69) is 10.6 Å². The molecule has 0 amide bonds. The molecule has 0 spiro atoms. The number of dihydropyridines is 2. The second kappa shape index (κ2) is 19.6. The summed E-state index contributed by atoms with van der Waals surface area (Å²) in [5.74, 6) is -2.24. The van der Waals surface area contributed by atoms with E-state index in [1.807, 2.05) is 0 Å². The lowest BCUT2D eigenvalue weighted by Crippen LogP contribution is -2.32. The van der Waals surface area contributed by atoms with Crippen LogP contribution in [0.5, 0.6) is 23.0 Å². The van der Waals surface area contributed by atoms with E-state index in [4.69, 9.17) is 37.9 Å². The van der Waals surface area contributed by atoms with Crippen LogP contribution in [-0.4, -0.2) is 77.7 Å². The molecule has 14 nitrogen and oxygen atoms in total. The number of hydrogen-bond donors (Lipinski definition) is 2. The monoisotopic (exact) mass is 776 g/mol. The minimum Gasteiger partial charge on any atom is -0.493 e. The van der Waals surface area contributed by atoms with Gasteiger partial charge in [0.2, 0.25) is 0 Å². The Labute approximate surface area is 327 Å². The zero-order valence-corrected chi connectivity index (χ0v) is 33.8. The third-order valence-corrected chi connectivity index (χ3v) is 9.14. The first-order valence-corrected chi connectivity index (χ1v) is 18.5. The number of esters is 4. The molecule has 2 aliphatic rings. The van der Waals surface area contributed by atoms with Crippen LogP contribution < -0.4 is 29.6 Å². The highest BCUT2D eigenvalue weighted by Gasteiger charge is 2.40. The van der Waals surface area contributed by atoms with Crippen LogP contribution in [0.1, 0.15) is 78.4 Å². The number of allylic oxidation sites excluding steroid dienone is 4. The van der Waals surface area contributed by atoms with E-state index in [1.54, 1.807) is 91.8 Å². The lowest BCUT2D eigenvalue weighted by Gasteiger charge is -2.30. The van der Waals surface area contributed by atoms with Gasteiger partial charge in [0.25, 0.3) is 0 Å². The van der Waals surface area contributed by atoms with Gasteiger partial charge >= 0.3 is 23.9 Å². The fraction of sp³-hybridized carbons (Fsp3) is 0.429. The minimum atomic E-state index is -0.790. The topological polar surface area (TPSA) is 166 Å². The van der Waals surface area contributed by atoms with Gasteiger partial charge in [-0.05, 0) is 90.8 Å². The first-order valence-electron chi connectivity index (χ1n) is 18.5. The fourth-order valence-corrected chi connectivity index (χ4v) is 6.84. The molecule has 2 heterocycles. The Morgan fingerprint density at radius 1 is 0.482 bits per heavy atom. The van der Waals surface area contributed by atoms with E-state index < -0.39 is 35.7 Å². The molecule has 302 valence electrons. The van der Waals surface area contributed by atoms with Gasteiger partial charge in [0.05, 0.1) is 74.8 Å². The summed E-state index contributed by atoms with van der Waals surface area (Å²) >= 11 is 0. The van der Waals surface area contributed by atoms with Gasteiger partial charge < -0.3 is 48.5 Å². The summed E-state index contributed by atoms with van der Waals surface area (Å²) in [6.07, 6.45) is 0. The maximum absolute atomic E-state index is 13.2. The Kier molecular flexibility index (Phi) is 15.0. The standard InChI is InChI=1S/C42H52N2O12/c1-11-51-39(45)33-23(5)43-24(6)34(40(46)52-12-2)37(33)27-15-17-29(31(21-27)49-9)55-19-20-56-30-18-16-28(22-32(30)50-10)38-35(41(47)53-13-3)25(7)44-26(8)36(38)42(48)54-14-4/h15-18,21-22,37-38,43-44H,11-14,19-20H2,1-10H3. The molecule has 0 saturated heterocycles. The van der Waals surface area contributed by atoms with Crippen LogP contribution in [0.3, 0.4) is 0 Å². The maximum atomic E-state index is 13.2. The van der Waals surface area contributed by atoms with Crippen molar-refractivity contribution in [3.8, 4) is 23.0 Å². The quantitative estimate of drug-likeness (QED) is 0.111.